The number of hydrogen-bond acceptors (Lipinski definition) is 5. The van der Waals surface area contributed by atoms with E-state index in [0.717, 1.165) is 29.7 Å². The second kappa shape index (κ2) is 8.83. The molecular formula is C25H24N4O4S. The number of methoxy groups -OCH3 is 1. The van der Waals surface area contributed by atoms with E-state index in [4.69, 9.17) is 4.74 Å². The van der Waals surface area contributed by atoms with Crippen LogP contribution < -0.4 is 9.46 Å². The van der Waals surface area contributed by atoms with Crippen molar-refractivity contribution in [2.45, 2.75) is 23.8 Å². The lowest BCUT2D eigenvalue weighted by molar-refractivity contribution is 0.0730. The third kappa shape index (κ3) is 4.22. The maximum atomic E-state index is 13.3. The fraction of sp³-hybridized carbons (Fsp3) is 0.200. The number of likely N-dealkylation sites (tertiary alicyclic amines) is 1. The molecule has 9 heteroatoms. The van der Waals surface area contributed by atoms with Crippen LogP contribution in [0.25, 0.3) is 11.0 Å². The zero-order chi connectivity index (χ0) is 23.7. The number of anilines is 1. The van der Waals surface area contributed by atoms with Gasteiger partial charge in [0.15, 0.2) is 0 Å². The van der Waals surface area contributed by atoms with Gasteiger partial charge in [-0.2, -0.15) is 0 Å². The molecule has 34 heavy (non-hydrogen) atoms. The normalized spacial score (nSPS) is 16.0. The third-order valence-electron chi connectivity index (χ3n) is 5.99. The van der Waals surface area contributed by atoms with E-state index in [0.29, 0.717) is 23.5 Å². The third-order valence-corrected chi connectivity index (χ3v) is 7.39. The van der Waals surface area contributed by atoms with Crippen molar-refractivity contribution in [1.29, 1.82) is 0 Å². The van der Waals surface area contributed by atoms with E-state index < -0.39 is 10.0 Å². The predicted octanol–water partition coefficient (Wildman–Crippen LogP) is 4.35. The minimum absolute atomic E-state index is 0.0788. The highest BCUT2D eigenvalue weighted by Crippen LogP contribution is 2.33. The van der Waals surface area contributed by atoms with Crippen LogP contribution in [-0.2, 0) is 10.0 Å². The molecule has 1 fully saturated rings. The van der Waals surface area contributed by atoms with Gasteiger partial charge in [-0.05, 0) is 73.5 Å². The standard InChI is InChI=1S/C25H24N4O4S/c1-33-19-12-10-18(11-13-19)28-34(31,32)20-14-8-17(9-15-20)25(30)29-16-4-7-23(29)24-26-21-5-2-3-6-22(21)27-24/h2-3,5-6,8-15,23,28H,4,7,16H2,1H3,(H,26,27)/t23-/m0/s1. The maximum Gasteiger partial charge on any atom is 0.261 e. The number of para-hydroxylation sites is 2. The largest absolute Gasteiger partial charge is 0.497 e. The minimum atomic E-state index is -3.79. The van der Waals surface area contributed by atoms with Gasteiger partial charge in [-0.3, -0.25) is 9.52 Å². The quantitative estimate of drug-likeness (QED) is 0.431. The Hall–Kier alpha value is -3.85. The molecule has 0 spiro atoms. The lowest BCUT2D eigenvalue weighted by Crippen LogP contribution is -2.31. The number of benzene rings is 3. The molecule has 3 aromatic carbocycles. The Labute approximate surface area is 197 Å². The first-order chi connectivity index (χ1) is 16.4. The van der Waals surface area contributed by atoms with Gasteiger partial charge in [0.05, 0.1) is 29.1 Å². The summed E-state index contributed by atoms with van der Waals surface area (Å²) in [5, 5.41) is 0. The molecular weight excluding hydrogens is 452 g/mol. The van der Waals surface area contributed by atoms with E-state index in [2.05, 4.69) is 14.7 Å². The molecule has 0 saturated carbocycles. The Balaban J connectivity index is 1.33. The molecule has 1 amide bonds. The molecule has 1 aliphatic rings. The van der Waals surface area contributed by atoms with E-state index in [1.165, 1.54) is 12.1 Å². The number of carbonyl (C=O) groups is 1. The van der Waals surface area contributed by atoms with Crippen molar-refractivity contribution in [2.24, 2.45) is 0 Å². The van der Waals surface area contributed by atoms with Crippen molar-refractivity contribution in [1.82, 2.24) is 14.9 Å². The van der Waals surface area contributed by atoms with Crippen LogP contribution in [0.15, 0.2) is 77.7 Å². The minimum Gasteiger partial charge on any atom is -0.497 e. The van der Waals surface area contributed by atoms with Crippen LogP contribution in [0.4, 0.5) is 5.69 Å². The molecule has 0 radical (unpaired) electrons. The monoisotopic (exact) mass is 476 g/mol. The molecule has 1 saturated heterocycles. The number of rotatable bonds is 6. The molecule has 0 aliphatic carbocycles. The number of nitrogens with one attached hydrogen (secondary N) is 2. The predicted molar refractivity (Wildman–Crippen MR) is 129 cm³/mol. The Kier molecular flexibility index (Phi) is 5.70. The highest BCUT2D eigenvalue weighted by molar-refractivity contribution is 7.92. The van der Waals surface area contributed by atoms with Crippen molar-refractivity contribution in [3.63, 3.8) is 0 Å². The molecule has 5 rings (SSSR count). The van der Waals surface area contributed by atoms with Crippen molar-refractivity contribution >= 4 is 32.7 Å². The summed E-state index contributed by atoms with van der Waals surface area (Å²) in [6.45, 7) is 0.625. The van der Waals surface area contributed by atoms with Gasteiger partial charge < -0.3 is 14.6 Å². The average Bonchev–Trinajstić information content (AvgIpc) is 3.51. The van der Waals surface area contributed by atoms with Gasteiger partial charge in [0.2, 0.25) is 0 Å². The summed E-state index contributed by atoms with van der Waals surface area (Å²) in [6.07, 6.45) is 1.70. The van der Waals surface area contributed by atoms with Crippen molar-refractivity contribution in [3.05, 3.63) is 84.2 Å². The zero-order valence-electron chi connectivity index (χ0n) is 18.6. The maximum absolute atomic E-state index is 13.3. The molecule has 174 valence electrons. The number of ether oxygens (including phenoxy) is 1. The Morgan fingerprint density at radius 2 is 1.79 bits per heavy atom. The number of hydrogen-bond donors (Lipinski definition) is 2. The summed E-state index contributed by atoms with van der Waals surface area (Å²) in [4.78, 5) is 23.2. The van der Waals surface area contributed by atoms with E-state index in [1.807, 2.05) is 24.3 Å². The van der Waals surface area contributed by atoms with Gasteiger partial charge in [0.25, 0.3) is 15.9 Å². The van der Waals surface area contributed by atoms with Crippen LogP contribution in [0.2, 0.25) is 0 Å². The topological polar surface area (TPSA) is 104 Å². The summed E-state index contributed by atoms with van der Waals surface area (Å²) in [7, 11) is -2.25. The van der Waals surface area contributed by atoms with Gasteiger partial charge in [-0.25, -0.2) is 13.4 Å². The van der Waals surface area contributed by atoms with E-state index in [-0.39, 0.29) is 16.8 Å². The highest BCUT2D eigenvalue weighted by Gasteiger charge is 2.32. The molecule has 0 unspecified atom stereocenters. The van der Waals surface area contributed by atoms with Crippen LogP contribution in [0.5, 0.6) is 5.75 Å². The molecule has 0 bridgehead atoms. The summed E-state index contributed by atoms with van der Waals surface area (Å²) in [5.74, 6) is 1.26. The smallest absolute Gasteiger partial charge is 0.261 e. The fourth-order valence-corrected chi connectivity index (χ4v) is 5.30. The first-order valence-electron chi connectivity index (χ1n) is 11.0. The van der Waals surface area contributed by atoms with Crippen molar-refractivity contribution in [2.75, 3.05) is 18.4 Å². The zero-order valence-corrected chi connectivity index (χ0v) is 19.4. The fourth-order valence-electron chi connectivity index (χ4n) is 4.24. The lowest BCUT2D eigenvalue weighted by Gasteiger charge is -2.23. The van der Waals surface area contributed by atoms with Gasteiger partial charge in [0, 0.05) is 17.8 Å². The summed E-state index contributed by atoms with van der Waals surface area (Å²) in [6, 6.07) is 20.3. The van der Waals surface area contributed by atoms with Gasteiger partial charge in [-0.15, -0.1) is 0 Å². The van der Waals surface area contributed by atoms with Gasteiger partial charge in [0.1, 0.15) is 11.6 Å². The van der Waals surface area contributed by atoms with Crippen LogP contribution >= 0.6 is 0 Å². The number of H-pyrrole nitrogens is 1. The molecule has 4 aromatic rings. The average molecular weight is 477 g/mol. The van der Waals surface area contributed by atoms with E-state index >= 15 is 0 Å². The number of imidazole rings is 1. The summed E-state index contributed by atoms with van der Waals surface area (Å²) < 4.78 is 33.2. The molecule has 1 aliphatic heterocycles. The molecule has 8 nitrogen and oxygen atoms in total. The Morgan fingerprint density at radius 1 is 1.06 bits per heavy atom. The summed E-state index contributed by atoms with van der Waals surface area (Å²) in [5.41, 5.74) is 2.67. The van der Waals surface area contributed by atoms with Crippen LogP contribution in [0, 0.1) is 0 Å². The first kappa shape index (κ1) is 22.0. The number of sulfonamides is 1. The second-order valence-corrected chi connectivity index (χ2v) is 9.84. The molecule has 2 heterocycles. The van der Waals surface area contributed by atoms with Gasteiger partial charge >= 0.3 is 0 Å². The summed E-state index contributed by atoms with van der Waals surface area (Å²) >= 11 is 0. The second-order valence-electron chi connectivity index (χ2n) is 8.15. The van der Waals surface area contributed by atoms with Crippen molar-refractivity contribution in [3.8, 4) is 5.75 Å². The van der Waals surface area contributed by atoms with Crippen molar-refractivity contribution < 1.29 is 17.9 Å². The number of carbonyl (C=O) groups excluding carboxylic acids is 1. The number of aromatic nitrogens is 2. The highest BCUT2D eigenvalue weighted by atomic mass is 32.2. The van der Waals surface area contributed by atoms with Crippen LogP contribution in [-0.4, -0.2) is 42.8 Å². The Bertz CT molecular complexity index is 1400. The molecule has 1 aromatic heterocycles. The molecule has 2 N–H and O–H groups in total. The van der Waals surface area contributed by atoms with E-state index in [9.17, 15) is 13.2 Å². The number of aromatic amines is 1. The lowest BCUT2D eigenvalue weighted by atomic mass is 10.1. The molecule has 1 atom stereocenters. The van der Waals surface area contributed by atoms with Crippen LogP contribution in [0.1, 0.15) is 35.1 Å². The number of fused-ring (bicyclic) bond motifs is 1. The SMILES string of the molecule is COc1ccc(NS(=O)(=O)c2ccc(C(=O)N3CCC[C@H]3c3nc4ccccc4[nH]3)cc2)cc1. The first-order valence-corrected chi connectivity index (χ1v) is 12.5. The van der Waals surface area contributed by atoms with E-state index in [1.54, 1.807) is 48.4 Å². The van der Waals surface area contributed by atoms with Crippen LogP contribution in [0.3, 0.4) is 0 Å². The van der Waals surface area contributed by atoms with Gasteiger partial charge in [-0.1, -0.05) is 12.1 Å². The Morgan fingerprint density at radius 3 is 2.50 bits per heavy atom. The number of amides is 1. The number of nitrogens with zero attached hydrogens (tertiary/aromatic N) is 2.